The van der Waals surface area contributed by atoms with Crippen LogP contribution in [0, 0.1) is 10.1 Å². The Bertz CT molecular complexity index is 470. The lowest BCUT2D eigenvalue weighted by Crippen LogP contribution is -2.04. The van der Waals surface area contributed by atoms with E-state index in [1.165, 1.54) is 19.2 Å². The lowest BCUT2D eigenvalue weighted by atomic mass is 10.1. The summed E-state index contributed by atoms with van der Waals surface area (Å²) in [6.07, 6.45) is 1.23. The Morgan fingerprint density at radius 1 is 1.65 bits per heavy atom. The number of nitro groups is 1. The fraction of sp³-hybridized carbons (Fsp3) is 0.200. The van der Waals surface area contributed by atoms with Crippen molar-refractivity contribution in [2.45, 2.75) is 6.42 Å². The van der Waals surface area contributed by atoms with Crippen LogP contribution in [-0.4, -0.2) is 29.4 Å². The number of esters is 1. The van der Waals surface area contributed by atoms with Gasteiger partial charge in [0.1, 0.15) is 0 Å². The van der Waals surface area contributed by atoms with Gasteiger partial charge < -0.3 is 9.94 Å². The van der Waals surface area contributed by atoms with Crippen LogP contribution >= 0.6 is 0 Å². The number of nitrogens with zero attached hydrogens (tertiary/aromatic N) is 2. The van der Waals surface area contributed by atoms with Gasteiger partial charge in [-0.2, -0.15) is 0 Å². The van der Waals surface area contributed by atoms with Crippen LogP contribution in [0.2, 0.25) is 0 Å². The van der Waals surface area contributed by atoms with Gasteiger partial charge in [-0.3, -0.25) is 10.1 Å². The highest BCUT2D eigenvalue weighted by atomic mass is 16.6. The van der Waals surface area contributed by atoms with E-state index in [0.717, 1.165) is 12.3 Å². The second-order valence-electron chi connectivity index (χ2n) is 3.09. The van der Waals surface area contributed by atoms with Crippen molar-refractivity contribution < 1.29 is 19.7 Å². The Morgan fingerprint density at radius 2 is 2.35 bits per heavy atom. The Kier molecular flexibility index (Phi) is 4.15. The molecule has 0 spiro atoms. The van der Waals surface area contributed by atoms with Crippen LogP contribution in [0.15, 0.2) is 23.4 Å². The van der Waals surface area contributed by atoms with E-state index in [1.54, 1.807) is 0 Å². The molecule has 7 heteroatoms. The van der Waals surface area contributed by atoms with Crippen molar-refractivity contribution in [3.63, 3.8) is 0 Å². The minimum Gasteiger partial charge on any atom is -0.465 e. The van der Waals surface area contributed by atoms with Gasteiger partial charge in [-0.1, -0.05) is 6.07 Å². The Morgan fingerprint density at radius 3 is 2.88 bits per heavy atom. The zero-order chi connectivity index (χ0) is 12.8. The van der Waals surface area contributed by atoms with Crippen molar-refractivity contribution >= 4 is 17.9 Å². The summed E-state index contributed by atoms with van der Waals surface area (Å²) in [6.45, 7) is 0. The molecule has 0 aliphatic carbocycles. The van der Waals surface area contributed by atoms with Gasteiger partial charge in [-0.25, -0.2) is 4.79 Å². The van der Waals surface area contributed by atoms with Gasteiger partial charge >= 0.3 is 5.97 Å². The van der Waals surface area contributed by atoms with Crippen LogP contribution in [0.4, 0.5) is 5.69 Å². The van der Waals surface area contributed by atoms with E-state index < -0.39 is 10.9 Å². The second kappa shape index (κ2) is 5.59. The first-order valence-corrected chi connectivity index (χ1v) is 4.61. The first-order chi connectivity index (χ1) is 8.10. The van der Waals surface area contributed by atoms with E-state index in [9.17, 15) is 14.9 Å². The summed E-state index contributed by atoms with van der Waals surface area (Å²) >= 11 is 0. The number of benzene rings is 1. The molecule has 1 N–H and O–H groups in total. The predicted octanol–water partition coefficient (Wildman–Crippen LogP) is 1.38. The maximum Gasteiger partial charge on any atom is 0.338 e. The zero-order valence-corrected chi connectivity index (χ0v) is 8.99. The third-order valence-corrected chi connectivity index (χ3v) is 2.10. The molecule has 0 saturated carbocycles. The van der Waals surface area contributed by atoms with E-state index in [0.29, 0.717) is 5.56 Å². The number of carbonyl (C=O) groups is 1. The van der Waals surface area contributed by atoms with Crippen LogP contribution < -0.4 is 0 Å². The quantitative estimate of drug-likeness (QED) is 0.280. The summed E-state index contributed by atoms with van der Waals surface area (Å²) in [5.74, 6) is -0.643. The van der Waals surface area contributed by atoms with Crippen molar-refractivity contribution in [3.8, 4) is 0 Å². The molecular weight excluding hydrogens is 228 g/mol. The van der Waals surface area contributed by atoms with Gasteiger partial charge in [0.2, 0.25) is 0 Å². The van der Waals surface area contributed by atoms with Gasteiger partial charge in [0.05, 0.1) is 17.6 Å². The Hall–Kier alpha value is -2.44. The van der Waals surface area contributed by atoms with E-state index in [1.807, 2.05) is 0 Å². The van der Waals surface area contributed by atoms with E-state index in [4.69, 9.17) is 5.21 Å². The van der Waals surface area contributed by atoms with Gasteiger partial charge in [0.25, 0.3) is 5.69 Å². The molecule has 0 atom stereocenters. The molecule has 0 fully saturated rings. The molecule has 0 unspecified atom stereocenters. The lowest BCUT2D eigenvalue weighted by molar-refractivity contribution is -0.385. The van der Waals surface area contributed by atoms with Crippen LogP contribution in [0.5, 0.6) is 0 Å². The maximum atomic E-state index is 11.2. The summed E-state index contributed by atoms with van der Waals surface area (Å²) in [5.41, 5.74) is 0.233. The summed E-state index contributed by atoms with van der Waals surface area (Å²) in [7, 11) is 1.19. The monoisotopic (exact) mass is 238 g/mol. The number of hydrogen-bond donors (Lipinski definition) is 1. The molecule has 0 aromatic heterocycles. The molecule has 0 radical (unpaired) electrons. The van der Waals surface area contributed by atoms with E-state index in [2.05, 4.69) is 9.89 Å². The molecule has 17 heavy (non-hydrogen) atoms. The minimum absolute atomic E-state index is 0.101. The van der Waals surface area contributed by atoms with E-state index in [-0.39, 0.29) is 17.7 Å². The van der Waals surface area contributed by atoms with Crippen molar-refractivity contribution in [3.05, 3.63) is 39.4 Å². The topological polar surface area (TPSA) is 102 Å². The van der Waals surface area contributed by atoms with Crippen LogP contribution in [0.25, 0.3) is 0 Å². The van der Waals surface area contributed by atoms with Crippen molar-refractivity contribution in [1.29, 1.82) is 0 Å². The summed E-state index contributed by atoms with van der Waals surface area (Å²) in [4.78, 5) is 21.4. The minimum atomic E-state index is -0.643. The van der Waals surface area contributed by atoms with Crippen molar-refractivity contribution in [1.82, 2.24) is 0 Å². The fourth-order valence-corrected chi connectivity index (χ4v) is 1.29. The normalized spacial score (nSPS) is 10.4. The average Bonchev–Trinajstić information content (AvgIpc) is 2.35. The number of rotatable bonds is 4. The molecule has 0 heterocycles. The number of oxime groups is 1. The number of methoxy groups -OCH3 is 1. The van der Waals surface area contributed by atoms with Crippen LogP contribution in [0.3, 0.4) is 0 Å². The number of ether oxygens (including phenoxy) is 1. The third kappa shape index (κ3) is 3.00. The highest BCUT2D eigenvalue weighted by Gasteiger charge is 2.17. The van der Waals surface area contributed by atoms with Gasteiger partial charge in [0.15, 0.2) is 0 Å². The van der Waals surface area contributed by atoms with Gasteiger partial charge in [0, 0.05) is 24.3 Å². The predicted molar refractivity (Wildman–Crippen MR) is 58.4 cm³/mol. The van der Waals surface area contributed by atoms with Gasteiger partial charge in [-0.05, 0) is 6.07 Å². The lowest BCUT2D eigenvalue weighted by Gasteiger charge is -2.02. The Balaban J connectivity index is 3.17. The van der Waals surface area contributed by atoms with E-state index >= 15 is 0 Å². The molecule has 0 bridgehead atoms. The number of carbonyl (C=O) groups excluding carboxylic acids is 1. The van der Waals surface area contributed by atoms with Crippen LogP contribution in [0.1, 0.15) is 15.9 Å². The second-order valence-corrected chi connectivity index (χ2v) is 3.09. The molecule has 90 valence electrons. The summed E-state index contributed by atoms with van der Waals surface area (Å²) in [6, 6.07) is 3.97. The smallest absolute Gasteiger partial charge is 0.338 e. The molecule has 1 aromatic rings. The molecule has 0 amide bonds. The number of hydrogen-bond acceptors (Lipinski definition) is 6. The third-order valence-electron chi connectivity index (χ3n) is 2.10. The largest absolute Gasteiger partial charge is 0.465 e. The summed E-state index contributed by atoms with van der Waals surface area (Å²) in [5, 5.41) is 21.8. The Labute approximate surface area is 96.5 Å². The molecule has 1 rings (SSSR count). The molecule has 0 saturated heterocycles. The van der Waals surface area contributed by atoms with Gasteiger partial charge in [-0.15, -0.1) is 5.16 Å². The van der Waals surface area contributed by atoms with Crippen molar-refractivity contribution in [2.75, 3.05) is 7.11 Å². The standard InChI is InChI=1S/C10H10N2O5/c1-17-10(13)8-3-2-7(4-5-11-14)9(6-8)12(15)16/h2-3,5-6,14H,4H2,1H3/b11-5+. The van der Waals surface area contributed by atoms with Crippen LogP contribution in [-0.2, 0) is 11.2 Å². The van der Waals surface area contributed by atoms with Crippen molar-refractivity contribution in [2.24, 2.45) is 5.16 Å². The fourth-order valence-electron chi connectivity index (χ4n) is 1.29. The summed E-state index contributed by atoms with van der Waals surface area (Å²) < 4.78 is 4.46. The molecule has 1 aromatic carbocycles. The molecule has 0 aliphatic heterocycles. The molecule has 7 nitrogen and oxygen atoms in total. The number of nitro benzene ring substituents is 1. The highest BCUT2D eigenvalue weighted by molar-refractivity contribution is 5.90. The highest BCUT2D eigenvalue weighted by Crippen LogP contribution is 2.21. The first-order valence-electron chi connectivity index (χ1n) is 4.61. The maximum absolute atomic E-state index is 11.2. The molecular formula is C10H10N2O5. The zero-order valence-electron chi connectivity index (χ0n) is 8.99. The SMILES string of the molecule is COC(=O)c1ccc(C/C=N/O)c([N+](=O)[O-])c1. The average molecular weight is 238 g/mol. The first kappa shape index (κ1) is 12.6. The molecule has 0 aliphatic rings.